The molecule has 0 bridgehead atoms. The zero-order valence-corrected chi connectivity index (χ0v) is 49.3. The molecule has 21 nitrogen and oxygen atoms in total. The standard InChI is InChI=1S/C28H37BrN6O4.C20H29N5O4.C8H10BrNO.CH4/c1-4-23-20(27(33-19-10-12-39-13-11-19)21-17-32-35(5-2)28(21)34-23)16-31-26(37)9-8-25(36)30-15-18-6-7-24(38-3)22(29)14-18;1-3-16-14(11-21-17(26)5-6-18(27)28)19(23-13-7-9-29-10-8-13)15-12-22-25(4-2)20(15)24-16;1-11-8-3-2-6(5-10)4-7(8)9;/h6-7,14,17,19H,4-5,8-13,15-16H2,1-3H3,(H,30,36)(H,31,37)(H,33,34);12-13H,3-11H2,1-2H3,(H,21,26)(H,23,24)(H,27,28);2-4H,5,10H2,1H3;1H4. The molecular formula is C57H80Br2N12O9. The van der Waals surface area contributed by atoms with Crippen LogP contribution in [0.1, 0.15) is 120 Å². The monoisotopic (exact) mass is 1230 g/mol. The average molecular weight is 1240 g/mol. The largest absolute Gasteiger partial charge is 0.496 e. The van der Waals surface area contributed by atoms with Crippen LogP contribution < -0.4 is 41.8 Å². The number of carboxylic acids is 1. The number of aliphatic carboxylic acids is 1. The summed E-state index contributed by atoms with van der Waals surface area (Å²) < 4.78 is 26.8. The van der Waals surface area contributed by atoms with E-state index in [0.717, 1.165) is 159 Å². The molecule has 8 rings (SSSR count). The third-order valence-corrected chi connectivity index (χ3v) is 14.8. The van der Waals surface area contributed by atoms with Gasteiger partial charge in [0.15, 0.2) is 11.3 Å². The number of aryl methyl sites for hydroxylation is 4. The summed E-state index contributed by atoms with van der Waals surface area (Å²) in [6.07, 6.45) is 8.77. The molecule has 0 spiro atoms. The number of nitrogens with two attached hydrogens (primary N) is 1. The van der Waals surface area contributed by atoms with E-state index in [0.29, 0.717) is 32.6 Å². The molecule has 4 aromatic heterocycles. The van der Waals surface area contributed by atoms with Crippen LogP contribution in [0.2, 0.25) is 0 Å². The number of hydrogen-bond donors (Lipinski definition) is 7. The van der Waals surface area contributed by atoms with Crippen LogP contribution in [0.15, 0.2) is 57.7 Å². The molecule has 2 aromatic carbocycles. The summed E-state index contributed by atoms with van der Waals surface area (Å²) in [4.78, 5) is 57.7. The molecule has 23 heteroatoms. The number of rotatable bonds is 23. The van der Waals surface area contributed by atoms with E-state index in [1.165, 1.54) is 0 Å². The van der Waals surface area contributed by atoms with E-state index in [9.17, 15) is 19.2 Å². The van der Waals surface area contributed by atoms with E-state index < -0.39 is 5.97 Å². The number of nitrogens with zero attached hydrogens (tertiary/aromatic N) is 6. The van der Waals surface area contributed by atoms with Crippen molar-refractivity contribution in [3.63, 3.8) is 0 Å². The normalized spacial score (nSPS) is 13.5. The molecular weight excluding hydrogens is 1160 g/mol. The van der Waals surface area contributed by atoms with Gasteiger partial charge >= 0.3 is 5.97 Å². The number of hydrogen-bond acceptors (Lipinski definition) is 15. The molecule has 0 aliphatic carbocycles. The zero-order valence-electron chi connectivity index (χ0n) is 46.1. The van der Waals surface area contributed by atoms with Crippen molar-refractivity contribution in [2.24, 2.45) is 5.73 Å². The Hall–Kier alpha value is -6.40. The lowest BCUT2D eigenvalue weighted by Crippen LogP contribution is -2.30. The van der Waals surface area contributed by atoms with Crippen molar-refractivity contribution < 1.29 is 43.2 Å². The third kappa shape index (κ3) is 18.1. The van der Waals surface area contributed by atoms with Crippen molar-refractivity contribution in [2.45, 2.75) is 151 Å². The number of carboxylic acid groups (broad SMARTS) is 1. The molecule has 2 saturated heterocycles. The number of carbonyl (C=O) groups excluding carboxylic acids is 3. The molecule has 6 aromatic rings. The lowest BCUT2D eigenvalue weighted by Gasteiger charge is -2.26. The fourth-order valence-corrected chi connectivity index (χ4v) is 10.3. The fourth-order valence-electron chi connectivity index (χ4n) is 9.15. The molecule has 8 N–H and O–H groups in total. The molecule has 0 radical (unpaired) electrons. The zero-order chi connectivity index (χ0) is 56.8. The van der Waals surface area contributed by atoms with Gasteiger partial charge in [-0.1, -0.05) is 33.4 Å². The summed E-state index contributed by atoms with van der Waals surface area (Å²) in [7, 11) is 3.25. The van der Waals surface area contributed by atoms with E-state index in [1.807, 2.05) is 78.9 Å². The van der Waals surface area contributed by atoms with Crippen LogP contribution in [-0.2, 0) is 80.8 Å². The van der Waals surface area contributed by atoms with Crippen LogP contribution in [0, 0.1) is 0 Å². The van der Waals surface area contributed by atoms with Gasteiger partial charge in [-0.3, -0.25) is 19.2 Å². The smallest absolute Gasteiger partial charge is 0.303 e. The molecule has 2 fully saturated rings. The van der Waals surface area contributed by atoms with E-state index in [2.05, 4.69) is 75.6 Å². The van der Waals surface area contributed by atoms with Crippen molar-refractivity contribution in [1.29, 1.82) is 0 Å². The van der Waals surface area contributed by atoms with Crippen molar-refractivity contribution in [2.75, 3.05) is 51.3 Å². The number of halogens is 2. The van der Waals surface area contributed by atoms with Gasteiger partial charge in [0.2, 0.25) is 17.7 Å². The van der Waals surface area contributed by atoms with Crippen LogP contribution >= 0.6 is 31.9 Å². The Morgan fingerprint density at radius 1 is 0.637 bits per heavy atom. The molecule has 0 unspecified atom stereocenters. The summed E-state index contributed by atoms with van der Waals surface area (Å²) in [5.74, 6) is -0.0546. The highest BCUT2D eigenvalue weighted by molar-refractivity contribution is 9.11. The van der Waals surface area contributed by atoms with Gasteiger partial charge in [0.25, 0.3) is 0 Å². The van der Waals surface area contributed by atoms with Gasteiger partial charge in [0.1, 0.15) is 11.5 Å². The Labute approximate surface area is 485 Å². The van der Waals surface area contributed by atoms with E-state index in [-0.39, 0.29) is 62.9 Å². The predicted molar refractivity (Wildman–Crippen MR) is 318 cm³/mol. The topological polar surface area (TPSA) is 273 Å². The van der Waals surface area contributed by atoms with Gasteiger partial charge in [-0.15, -0.1) is 0 Å². The van der Waals surface area contributed by atoms with Crippen molar-refractivity contribution in [1.82, 2.24) is 45.5 Å². The number of anilines is 2. The second-order valence-electron chi connectivity index (χ2n) is 18.9. The molecule has 2 aliphatic heterocycles. The maximum atomic E-state index is 12.7. The van der Waals surface area contributed by atoms with Gasteiger partial charge in [0.05, 0.1) is 64.1 Å². The minimum absolute atomic E-state index is 0. The minimum atomic E-state index is -0.980. The quantitative estimate of drug-likeness (QED) is 0.0316. The van der Waals surface area contributed by atoms with Crippen LogP contribution in [-0.4, -0.2) is 111 Å². The number of pyridine rings is 2. The van der Waals surface area contributed by atoms with Gasteiger partial charge in [-0.05, 0) is 120 Å². The first kappa shape index (κ1) is 64.4. The highest BCUT2D eigenvalue weighted by atomic mass is 79.9. The van der Waals surface area contributed by atoms with E-state index in [1.54, 1.807) is 14.2 Å². The number of fused-ring (bicyclic) bond motifs is 2. The van der Waals surface area contributed by atoms with Gasteiger partial charge in [-0.25, -0.2) is 19.3 Å². The second-order valence-corrected chi connectivity index (χ2v) is 20.6. The maximum Gasteiger partial charge on any atom is 0.303 e. The summed E-state index contributed by atoms with van der Waals surface area (Å²) in [5.41, 5.74) is 14.8. The van der Waals surface area contributed by atoms with Crippen molar-refractivity contribution in [3.05, 3.63) is 91.4 Å². The Morgan fingerprint density at radius 2 is 1.04 bits per heavy atom. The number of ether oxygens (including phenoxy) is 4. The van der Waals surface area contributed by atoms with Crippen LogP contribution in [0.4, 0.5) is 11.4 Å². The summed E-state index contributed by atoms with van der Waals surface area (Å²) >= 11 is 6.82. The third-order valence-electron chi connectivity index (χ3n) is 13.6. The van der Waals surface area contributed by atoms with E-state index in [4.69, 9.17) is 39.8 Å². The Balaban J connectivity index is 0.000000251. The maximum absolute atomic E-state index is 12.7. The first-order chi connectivity index (χ1) is 38.2. The number of aromatic nitrogens is 6. The first-order valence-electron chi connectivity index (χ1n) is 27.0. The number of carbonyl (C=O) groups is 4. The Morgan fingerprint density at radius 3 is 1.41 bits per heavy atom. The second kappa shape index (κ2) is 32.8. The highest BCUT2D eigenvalue weighted by Gasteiger charge is 2.24. The van der Waals surface area contributed by atoms with Crippen molar-refractivity contribution in [3.8, 4) is 11.5 Å². The van der Waals surface area contributed by atoms with E-state index >= 15 is 0 Å². The number of nitrogens with one attached hydrogen (secondary N) is 5. The molecule has 436 valence electrons. The molecule has 3 amide bonds. The number of benzene rings is 2. The molecule has 80 heavy (non-hydrogen) atoms. The summed E-state index contributed by atoms with van der Waals surface area (Å²) in [5, 5.41) is 35.8. The number of methoxy groups -OCH3 is 2. The lowest BCUT2D eigenvalue weighted by molar-refractivity contribution is -0.138. The van der Waals surface area contributed by atoms with Gasteiger partial charge in [0, 0.05) is 120 Å². The van der Waals surface area contributed by atoms with Crippen LogP contribution in [0.5, 0.6) is 11.5 Å². The van der Waals surface area contributed by atoms with Gasteiger partial charge in [-0.2, -0.15) is 10.2 Å². The molecule has 0 atom stereocenters. The summed E-state index contributed by atoms with van der Waals surface area (Å²) in [6, 6.07) is 12.0. The highest BCUT2D eigenvalue weighted by Crippen LogP contribution is 2.33. The predicted octanol–water partition coefficient (Wildman–Crippen LogP) is 8.73. The first-order valence-corrected chi connectivity index (χ1v) is 28.6. The average Bonchev–Trinajstić information content (AvgIpc) is 4.12. The minimum Gasteiger partial charge on any atom is -0.496 e. The molecule has 0 saturated carbocycles. The molecule has 6 heterocycles. The molecule has 2 aliphatic rings. The lowest BCUT2D eigenvalue weighted by atomic mass is 10.0. The van der Waals surface area contributed by atoms with Crippen LogP contribution in [0.3, 0.4) is 0 Å². The Bertz CT molecular complexity index is 2990. The number of amides is 3. The van der Waals surface area contributed by atoms with Crippen LogP contribution in [0.25, 0.3) is 22.1 Å². The Kier molecular flexibility index (Phi) is 26.4. The fraction of sp³-hybridized carbons (Fsp3) is 0.509. The SMILES string of the molecule is C.CCc1nc2c(cnn2CC)c(NC2CCOCC2)c1CNC(=O)CCC(=O)NCc1ccc(OC)c(Br)c1.CCc1nc2c(cnn2CC)c(NC2CCOCC2)c1CNC(=O)CCC(=O)O.COc1ccc(CN)cc1Br. The van der Waals surface area contributed by atoms with Gasteiger partial charge < -0.3 is 56.4 Å². The van der Waals surface area contributed by atoms with Crippen molar-refractivity contribution >= 4 is 89.0 Å². The summed E-state index contributed by atoms with van der Waals surface area (Å²) in [6.45, 7) is 14.1.